The van der Waals surface area contributed by atoms with Gasteiger partial charge in [-0.3, -0.25) is 0 Å². The van der Waals surface area contributed by atoms with E-state index in [2.05, 4.69) is 10.6 Å². The predicted octanol–water partition coefficient (Wildman–Crippen LogP) is 1.16. The summed E-state index contributed by atoms with van der Waals surface area (Å²) in [7, 11) is 0. The predicted molar refractivity (Wildman–Crippen MR) is 57.1 cm³/mol. The summed E-state index contributed by atoms with van der Waals surface area (Å²) in [6, 6.07) is 9.12. The largest absolute Gasteiger partial charge is 0.338 e. The monoisotopic (exact) mass is 193 g/mol. The average Bonchev–Trinajstić information content (AvgIpc) is 2.20. The van der Waals surface area contributed by atoms with Crippen molar-refractivity contribution in [2.45, 2.75) is 6.42 Å². The molecule has 0 aliphatic carbocycles. The number of nitrogens with two attached hydrogens (primary N) is 1. The molecule has 0 saturated carbocycles. The molecule has 0 atom stereocenters. The summed E-state index contributed by atoms with van der Waals surface area (Å²) in [5, 5.41) is 5.41. The summed E-state index contributed by atoms with van der Waals surface area (Å²) in [6.45, 7) is 1.20. The topological polar surface area (TPSA) is 67.1 Å². The SMILES string of the molecule is NCCCNC(=O)Nc1ccccc1. The van der Waals surface area contributed by atoms with Crippen molar-refractivity contribution in [2.24, 2.45) is 5.73 Å². The van der Waals surface area contributed by atoms with Crippen molar-refractivity contribution >= 4 is 11.7 Å². The van der Waals surface area contributed by atoms with E-state index in [1.54, 1.807) is 0 Å². The van der Waals surface area contributed by atoms with E-state index in [-0.39, 0.29) is 6.03 Å². The quantitative estimate of drug-likeness (QED) is 0.628. The molecule has 1 aromatic carbocycles. The molecule has 4 N–H and O–H groups in total. The van der Waals surface area contributed by atoms with Crippen LogP contribution in [0.4, 0.5) is 10.5 Å². The third kappa shape index (κ3) is 3.91. The van der Waals surface area contributed by atoms with Crippen molar-refractivity contribution in [2.75, 3.05) is 18.4 Å². The number of benzene rings is 1. The first-order valence-corrected chi connectivity index (χ1v) is 4.63. The number of carbonyl (C=O) groups excluding carboxylic acids is 1. The molecular formula is C10H15N3O. The van der Waals surface area contributed by atoms with Crippen LogP contribution in [0.3, 0.4) is 0 Å². The maximum atomic E-state index is 11.2. The first-order valence-electron chi connectivity index (χ1n) is 4.63. The highest BCUT2D eigenvalue weighted by atomic mass is 16.2. The molecule has 0 aliphatic heterocycles. The number of rotatable bonds is 4. The highest BCUT2D eigenvalue weighted by Crippen LogP contribution is 2.03. The smallest absolute Gasteiger partial charge is 0.319 e. The minimum Gasteiger partial charge on any atom is -0.338 e. The zero-order valence-electron chi connectivity index (χ0n) is 7.99. The van der Waals surface area contributed by atoms with Crippen LogP contribution in [0.5, 0.6) is 0 Å². The molecule has 0 saturated heterocycles. The van der Waals surface area contributed by atoms with Gasteiger partial charge in [0, 0.05) is 12.2 Å². The molecule has 0 heterocycles. The molecule has 0 aliphatic rings. The Balaban J connectivity index is 2.27. The number of anilines is 1. The summed E-state index contributed by atoms with van der Waals surface area (Å²) < 4.78 is 0. The third-order valence-corrected chi connectivity index (χ3v) is 1.70. The van der Waals surface area contributed by atoms with Crippen LogP contribution in [0.25, 0.3) is 0 Å². The number of hydrogen-bond donors (Lipinski definition) is 3. The van der Waals surface area contributed by atoms with Gasteiger partial charge in [0.15, 0.2) is 0 Å². The van der Waals surface area contributed by atoms with E-state index >= 15 is 0 Å². The van der Waals surface area contributed by atoms with Crippen LogP contribution >= 0.6 is 0 Å². The molecule has 0 aromatic heterocycles. The molecule has 0 bridgehead atoms. The zero-order valence-corrected chi connectivity index (χ0v) is 7.99. The number of hydrogen-bond acceptors (Lipinski definition) is 2. The Morgan fingerprint density at radius 1 is 1.29 bits per heavy atom. The Morgan fingerprint density at radius 3 is 2.64 bits per heavy atom. The van der Waals surface area contributed by atoms with Gasteiger partial charge in [0.25, 0.3) is 0 Å². The number of amides is 2. The summed E-state index contributed by atoms with van der Waals surface area (Å²) in [5.41, 5.74) is 6.09. The number of para-hydroxylation sites is 1. The molecule has 0 fully saturated rings. The van der Waals surface area contributed by atoms with Gasteiger partial charge in [-0.2, -0.15) is 0 Å². The molecule has 14 heavy (non-hydrogen) atoms. The Labute approximate surface area is 83.5 Å². The lowest BCUT2D eigenvalue weighted by atomic mass is 10.3. The molecular weight excluding hydrogens is 178 g/mol. The van der Waals surface area contributed by atoms with Crippen LogP contribution < -0.4 is 16.4 Å². The van der Waals surface area contributed by atoms with Crippen molar-refractivity contribution in [3.05, 3.63) is 30.3 Å². The van der Waals surface area contributed by atoms with Crippen LogP contribution in [0.2, 0.25) is 0 Å². The van der Waals surface area contributed by atoms with Gasteiger partial charge in [-0.15, -0.1) is 0 Å². The molecule has 4 heteroatoms. The van der Waals surface area contributed by atoms with Gasteiger partial charge in [-0.1, -0.05) is 18.2 Å². The Morgan fingerprint density at radius 2 is 2.00 bits per heavy atom. The number of urea groups is 1. The van der Waals surface area contributed by atoms with E-state index in [1.165, 1.54) is 0 Å². The lowest BCUT2D eigenvalue weighted by molar-refractivity contribution is 0.252. The van der Waals surface area contributed by atoms with E-state index in [0.29, 0.717) is 13.1 Å². The molecule has 1 aromatic rings. The molecule has 1 rings (SSSR count). The molecule has 4 nitrogen and oxygen atoms in total. The van der Waals surface area contributed by atoms with Crippen LogP contribution in [-0.2, 0) is 0 Å². The van der Waals surface area contributed by atoms with Gasteiger partial charge in [0.1, 0.15) is 0 Å². The maximum absolute atomic E-state index is 11.2. The van der Waals surface area contributed by atoms with Crippen LogP contribution in [0, 0.1) is 0 Å². The number of carbonyl (C=O) groups is 1. The standard InChI is InChI=1S/C10H15N3O/c11-7-4-8-12-10(14)13-9-5-2-1-3-6-9/h1-3,5-6H,4,7-8,11H2,(H2,12,13,14). The molecule has 0 unspecified atom stereocenters. The van der Waals surface area contributed by atoms with Gasteiger partial charge in [-0.25, -0.2) is 4.79 Å². The van der Waals surface area contributed by atoms with E-state index in [1.807, 2.05) is 30.3 Å². The van der Waals surface area contributed by atoms with E-state index in [9.17, 15) is 4.79 Å². The molecule has 76 valence electrons. The van der Waals surface area contributed by atoms with Crippen molar-refractivity contribution in [3.63, 3.8) is 0 Å². The third-order valence-electron chi connectivity index (χ3n) is 1.70. The normalized spacial score (nSPS) is 9.50. The average molecular weight is 193 g/mol. The Kier molecular flexibility index (Phi) is 4.50. The summed E-state index contributed by atoms with van der Waals surface area (Å²) in [4.78, 5) is 11.2. The summed E-state index contributed by atoms with van der Waals surface area (Å²) in [5.74, 6) is 0. The van der Waals surface area contributed by atoms with Gasteiger partial charge >= 0.3 is 6.03 Å². The fourth-order valence-electron chi connectivity index (χ4n) is 1.00. The van der Waals surface area contributed by atoms with E-state index < -0.39 is 0 Å². The van der Waals surface area contributed by atoms with Crippen molar-refractivity contribution in [1.82, 2.24) is 5.32 Å². The fraction of sp³-hybridized carbons (Fsp3) is 0.300. The first kappa shape index (κ1) is 10.5. The summed E-state index contributed by atoms with van der Waals surface area (Å²) >= 11 is 0. The maximum Gasteiger partial charge on any atom is 0.319 e. The minimum absolute atomic E-state index is 0.190. The minimum atomic E-state index is -0.190. The van der Waals surface area contributed by atoms with E-state index in [4.69, 9.17) is 5.73 Å². The lowest BCUT2D eigenvalue weighted by Gasteiger charge is -2.06. The fourth-order valence-corrected chi connectivity index (χ4v) is 1.00. The Hall–Kier alpha value is -1.55. The molecule has 2 amide bonds. The van der Waals surface area contributed by atoms with Crippen LogP contribution in [0.1, 0.15) is 6.42 Å². The molecule has 0 spiro atoms. The van der Waals surface area contributed by atoms with Crippen LogP contribution in [-0.4, -0.2) is 19.1 Å². The first-order chi connectivity index (χ1) is 6.83. The highest BCUT2D eigenvalue weighted by molar-refractivity contribution is 5.89. The second-order valence-electron chi connectivity index (χ2n) is 2.89. The lowest BCUT2D eigenvalue weighted by Crippen LogP contribution is -2.30. The van der Waals surface area contributed by atoms with Gasteiger partial charge in [0.2, 0.25) is 0 Å². The summed E-state index contributed by atoms with van der Waals surface area (Å²) in [6.07, 6.45) is 0.794. The second-order valence-corrected chi connectivity index (χ2v) is 2.89. The number of nitrogens with one attached hydrogen (secondary N) is 2. The van der Waals surface area contributed by atoms with Crippen LogP contribution in [0.15, 0.2) is 30.3 Å². The highest BCUT2D eigenvalue weighted by Gasteiger charge is 1.98. The van der Waals surface area contributed by atoms with Gasteiger partial charge < -0.3 is 16.4 Å². The van der Waals surface area contributed by atoms with E-state index in [0.717, 1.165) is 12.1 Å². The van der Waals surface area contributed by atoms with Crippen molar-refractivity contribution in [1.29, 1.82) is 0 Å². The Bertz CT molecular complexity index is 274. The van der Waals surface area contributed by atoms with Crippen molar-refractivity contribution < 1.29 is 4.79 Å². The van der Waals surface area contributed by atoms with Crippen molar-refractivity contribution in [3.8, 4) is 0 Å². The second kappa shape index (κ2) is 5.99. The zero-order chi connectivity index (χ0) is 10.2. The van der Waals surface area contributed by atoms with Gasteiger partial charge in [0.05, 0.1) is 0 Å². The molecule has 0 radical (unpaired) electrons. The van der Waals surface area contributed by atoms with Gasteiger partial charge in [-0.05, 0) is 25.1 Å².